The third-order valence-electron chi connectivity index (χ3n) is 29.3. The Labute approximate surface area is 796 Å². The van der Waals surface area contributed by atoms with Crippen LogP contribution in [0.3, 0.4) is 0 Å². The van der Waals surface area contributed by atoms with E-state index in [9.17, 15) is 0 Å². The van der Waals surface area contributed by atoms with Gasteiger partial charge >= 0.3 is 0 Å². The van der Waals surface area contributed by atoms with Crippen LogP contribution in [0.5, 0.6) is 0 Å². The molecule has 2 aromatic heterocycles. The molecule has 4 heterocycles. The molecule has 2 nitrogen and oxygen atoms in total. The summed E-state index contributed by atoms with van der Waals surface area (Å²) >= 11 is 0. The molecule has 4 heteroatoms. The zero-order valence-electron chi connectivity index (χ0n) is 76.2. The molecule has 2 aliphatic rings. The fourth-order valence-electron chi connectivity index (χ4n) is 22.0. The Morgan fingerprint density at radius 3 is 0.684 bits per heavy atom. The van der Waals surface area contributed by atoms with Gasteiger partial charge in [-0.1, -0.05) is 451 Å². The van der Waals surface area contributed by atoms with E-state index in [0.29, 0.717) is 0 Å². The molecule has 0 N–H and O–H groups in total. The van der Waals surface area contributed by atoms with Crippen LogP contribution in [0.15, 0.2) is 498 Å². The Kier molecular flexibility index (Phi) is 19.9. The van der Waals surface area contributed by atoms with E-state index in [1.54, 1.807) is 0 Å². The summed E-state index contributed by atoms with van der Waals surface area (Å²) in [6, 6.07) is 180. The van der Waals surface area contributed by atoms with Crippen LogP contribution in [0.4, 0.5) is 0 Å². The van der Waals surface area contributed by atoms with Crippen LogP contribution in [0.1, 0.15) is 0 Å². The first-order chi connectivity index (χ1) is 66.9. The minimum atomic E-state index is -2.04. The summed E-state index contributed by atoms with van der Waals surface area (Å²) in [6.45, 7) is 10.1. The fourth-order valence-corrected chi connectivity index (χ4v) is 28.2. The molecule has 26 rings (SSSR count). The summed E-state index contributed by atoms with van der Waals surface area (Å²) in [5.74, 6) is 0. The number of fused-ring (bicyclic) bond motifs is 14. The maximum Gasteiger partial charge on any atom is 0.113 e. The first kappa shape index (κ1) is 81.4. The highest BCUT2D eigenvalue weighted by Crippen LogP contribution is 2.46. The summed E-state index contributed by atoms with van der Waals surface area (Å²) in [4.78, 5) is 0. The number of hydrogen-bond acceptors (Lipinski definition) is 0. The first-order valence-corrected chi connectivity index (χ1v) is 53.5. The fraction of sp³-hybridized carbons (Fsp3) is 0.0303. The smallest absolute Gasteiger partial charge is 0.113 e. The van der Waals surface area contributed by atoms with Crippen molar-refractivity contribution < 1.29 is 0 Å². The van der Waals surface area contributed by atoms with Gasteiger partial charge in [-0.2, -0.15) is 0 Å². The van der Waals surface area contributed by atoms with Gasteiger partial charge in [-0.3, -0.25) is 0 Å². The van der Waals surface area contributed by atoms with E-state index in [1.807, 2.05) is 0 Å². The van der Waals surface area contributed by atoms with Gasteiger partial charge in [-0.25, -0.2) is 0 Å². The molecule has 0 saturated carbocycles. The van der Waals surface area contributed by atoms with Crippen molar-refractivity contribution in [3.8, 4) is 167 Å². The molecular weight excluding hydrogens is 1670 g/mol. The lowest BCUT2D eigenvalue weighted by Crippen LogP contribution is -2.49. The molecule has 136 heavy (non-hydrogen) atoms. The normalized spacial score (nSPS) is 12.7. The lowest BCUT2D eigenvalue weighted by molar-refractivity contribution is 1.13. The Hall–Kier alpha value is -16.6. The van der Waals surface area contributed by atoms with Gasteiger partial charge in [-0.05, 0) is 269 Å². The highest BCUT2D eigenvalue weighted by molar-refractivity contribution is 7.04. The maximum atomic E-state index is 2.52. The summed E-state index contributed by atoms with van der Waals surface area (Å²) in [5.41, 5.74) is 39.8. The Morgan fingerprint density at radius 1 is 0.140 bits per heavy atom. The van der Waals surface area contributed by atoms with E-state index >= 15 is 0 Å². The molecule has 0 atom stereocenters. The molecule has 0 saturated heterocycles. The van der Waals surface area contributed by atoms with Crippen molar-refractivity contribution in [2.24, 2.45) is 0 Å². The number of rotatable bonds is 14. The van der Waals surface area contributed by atoms with Gasteiger partial charge in [-0.15, -0.1) is 0 Å². The Morgan fingerprint density at radius 2 is 0.360 bits per heavy atom. The molecular formula is C132H94N2Si2. The lowest BCUT2D eigenvalue weighted by Gasteiger charge is -2.20. The minimum absolute atomic E-state index is 1.20. The SMILES string of the molecule is C[Si]1(C)c2cc(-c3ccccc3)ccc2-c2ccc(-n3cc(-c4ccc(-c5cc6ccccc6c6ccccc56)cc4)c4cc(-c5ccc(-c6cc7ccccc7c7ccccc67)cc5)ccc43)cc21.C[Si]1(C)c2cc(-c3ccccc3)ccc2-c2ccc(-n3cc(-c4ccc(-c5ccc(-c6ccccc6)cc5)cc4)c4cc(-c5ccc(-c6ccc(-c7ccccc7)cc6)cc5)ccc43)cc21. The van der Waals surface area contributed by atoms with Crippen LogP contribution in [0.2, 0.25) is 26.2 Å². The first-order valence-electron chi connectivity index (χ1n) is 47.5. The second kappa shape index (κ2) is 33.3. The summed E-state index contributed by atoms with van der Waals surface area (Å²) in [7, 11) is -4.05. The number of aromatic nitrogens is 2. The molecule has 0 amide bonds. The lowest BCUT2D eigenvalue weighted by atomic mass is 9.92. The molecule has 0 bridgehead atoms. The summed E-state index contributed by atoms with van der Waals surface area (Å²) < 4.78 is 4.87. The second-order valence-electron chi connectivity index (χ2n) is 37.8. The van der Waals surface area contributed by atoms with Gasteiger partial charge < -0.3 is 9.13 Å². The van der Waals surface area contributed by atoms with Crippen molar-refractivity contribution in [2.75, 3.05) is 0 Å². The van der Waals surface area contributed by atoms with Gasteiger partial charge in [0.15, 0.2) is 0 Å². The maximum absolute atomic E-state index is 2.52. The average Bonchev–Trinajstić information content (AvgIpc) is 1.56. The van der Waals surface area contributed by atoms with Crippen molar-refractivity contribution >= 4 is 102 Å². The number of hydrogen-bond donors (Lipinski definition) is 0. The van der Waals surface area contributed by atoms with Gasteiger partial charge in [0.25, 0.3) is 0 Å². The van der Waals surface area contributed by atoms with E-state index in [0.717, 1.165) is 0 Å². The van der Waals surface area contributed by atoms with Crippen molar-refractivity contribution in [1.29, 1.82) is 0 Å². The quantitative estimate of drug-likeness (QED) is 0.0759. The predicted molar refractivity (Wildman–Crippen MR) is 586 cm³/mol. The van der Waals surface area contributed by atoms with Gasteiger partial charge in [0, 0.05) is 45.7 Å². The Bertz CT molecular complexity index is 8800. The van der Waals surface area contributed by atoms with Crippen LogP contribution < -0.4 is 20.7 Å². The van der Waals surface area contributed by atoms with E-state index in [4.69, 9.17) is 0 Å². The zero-order chi connectivity index (χ0) is 90.7. The third-order valence-corrected chi connectivity index (χ3v) is 36.4. The zero-order valence-corrected chi connectivity index (χ0v) is 78.2. The molecule has 0 unspecified atom stereocenters. The van der Waals surface area contributed by atoms with E-state index in [-0.39, 0.29) is 0 Å². The molecule has 640 valence electrons. The number of benzene rings is 22. The number of nitrogens with zero attached hydrogens (tertiary/aromatic N) is 2. The van der Waals surface area contributed by atoms with E-state index < -0.39 is 16.1 Å². The van der Waals surface area contributed by atoms with Crippen molar-refractivity contribution in [2.45, 2.75) is 26.2 Å². The van der Waals surface area contributed by atoms with Crippen molar-refractivity contribution in [3.63, 3.8) is 0 Å². The van der Waals surface area contributed by atoms with E-state index in [2.05, 4.69) is 533 Å². The van der Waals surface area contributed by atoms with Crippen LogP contribution in [-0.2, 0) is 0 Å². The van der Waals surface area contributed by atoms with Gasteiger partial charge in [0.2, 0.25) is 0 Å². The second-order valence-corrected chi connectivity index (χ2v) is 46.5. The predicted octanol–water partition coefficient (Wildman–Crippen LogP) is 33.5. The largest absolute Gasteiger partial charge is 0.316 e. The molecule has 0 spiro atoms. The molecule has 22 aromatic carbocycles. The standard InChI is InChI=1S/C68H47NSi.C64H47NSi/c1-70(2)67-41-50(44-14-4-3-5-15-44)32-35-60(67)61-36-34-53(42-68(61)70)69-43-65(48-30-28-47(29-31-48)63-40-52-17-7-9-19-55(52)57-21-11-13-23-59(57)63)64-38-49(33-37-66(64)69)45-24-26-46(27-25-45)62-39-51-16-6-8-18-54(51)56-20-10-12-22-58(56)62;1-66(2)63-41-56(46-16-10-5-11-17-46)34-37-58(63)59-38-36-57(42-64(59)66)65-43-61(54-32-30-52(31-33-54)50-24-20-48(21-25-50)45-14-8-4-9-15-45)60-40-55(35-39-62(60)65)53-28-26-51(27-29-53)49-22-18-47(19-23-49)44-12-6-3-7-13-44/h3-43H,1-2H3;3-43H,1-2H3. The van der Waals surface area contributed by atoms with Gasteiger partial charge in [0.1, 0.15) is 16.1 Å². The highest BCUT2D eigenvalue weighted by atomic mass is 28.3. The van der Waals surface area contributed by atoms with Crippen LogP contribution in [0, 0.1) is 0 Å². The molecule has 2 aliphatic heterocycles. The highest BCUT2D eigenvalue weighted by Gasteiger charge is 2.40. The van der Waals surface area contributed by atoms with Gasteiger partial charge in [0.05, 0.1) is 11.0 Å². The summed E-state index contributed by atoms with van der Waals surface area (Å²) in [6.07, 6.45) is 4.75. The molecule has 24 aromatic rings. The Balaban J connectivity index is 0.000000145. The monoisotopic (exact) mass is 1760 g/mol. The molecule has 0 aliphatic carbocycles. The molecule has 0 fully saturated rings. The average molecular weight is 1760 g/mol. The van der Waals surface area contributed by atoms with Crippen LogP contribution >= 0.6 is 0 Å². The molecule has 0 radical (unpaired) electrons. The third kappa shape index (κ3) is 14.3. The van der Waals surface area contributed by atoms with Crippen molar-refractivity contribution in [1.82, 2.24) is 9.13 Å². The van der Waals surface area contributed by atoms with Crippen molar-refractivity contribution in [3.05, 3.63) is 498 Å². The van der Waals surface area contributed by atoms with Crippen LogP contribution in [-0.4, -0.2) is 25.3 Å². The minimum Gasteiger partial charge on any atom is -0.316 e. The topological polar surface area (TPSA) is 9.86 Å². The van der Waals surface area contributed by atoms with E-state index in [1.165, 1.54) is 253 Å². The summed E-state index contributed by atoms with van der Waals surface area (Å²) in [5, 5.41) is 18.7. The van der Waals surface area contributed by atoms with Crippen LogP contribution in [0.25, 0.3) is 232 Å².